The summed E-state index contributed by atoms with van der Waals surface area (Å²) in [5.41, 5.74) is 12.6. The van der Waals surface area contributed by atoms with Gasteiger partial charge in [-0.15, -0.1) is 19.0 Å². The quantitative estimate of drug-likeness (QED) is 0.0284. The van der Waals surface area contributed by atoms with Gasteiger partial charge in [-0.1, -0.05) is 79.4 Å². The molecule has 4 aromatic rings. The van der Waals surface area contributed by atoms with E-state index in [-0.39, 0.29) is 43.7 Å². The second kappa shape index (κ2) is 21.0. The summed E-state index contributed by atoms with van der Waals surface area (Å²) in [4.78, 5) is 42.6. The van der Waals surface area contributed by atoms with Gasteiger partial charge in [-0.05, 0) is 65.8 Å². The Kier molecular flexibility index (Phi) is 16.5. The zero-order valence-electron chi connectivity index (χ0n) is 29.5. The number of carbonyl (C=O) groups excluding carboxylic acids is 3. The van der Waals surface area contributed by atoms with E-state index >= 15 is 0 Å². The topological polar surface area (TPSA) is 167 Å². The number of fused-ring (bicyclic) bond motifs is 2. The van der Waals surface area contributed by atoms with Gasteiger partial charge in [0, 0.05) is 24.1 Å². The van der Waals surface area contributed by atoms with Crippen LogP contribution >= 0.6 is 12.4 Å². The molecule has 2 atom stereocenters. The maximum Gasteiger partial charge on any atom is 0.328 e. The fourth-order valence-electron chi connectivity index (χ4n) is 5.82. The number of nitrogens with zero attached hydrogens (tertiary/aromatic N) is 1. The predicted octanol–water partition coefficient (Wildman–Crippen LogP) is 5.97. The molecule has 0 bridgehead atoms. The molecule has 11 nitrogen and oxygen atoms in total. The summed E-state index contributed by atoms with van der Waals surface area (Å²) in [6, 6.07) is 22.4. The molecule has 0 radical (unpaired) electrons. The number of aliphatic imine (C=N–C) groups is 1. The molecular weight excluding hydrogens is 682 g/mol. The molecule has 2 amide bonds. The van der Waals surface area contributed by atoms with Crippen LogP contribution in [0.5, 0.6) is 11.5 Å². The number of ether oxygens (including phenoxy) is 3. The lowest BCUT2D eigenvalue weighted by atomic mass is 9.92. The molecule has 0 fully saturated rings. The molecule has 0 spiro atoms. The van der Waals surface area contributed by atoms with E-state index in [2.05, 4.69) is 53.0 Å². The van der Waals surface area contributed by atoms with Crippen LogP contribution in [0.4, 0.5) is 0 Å². The van der Waals surface area contributed by atoms with Gasteiger partial charge >= 0.3 is 5.97 Å². The largest absolute Gasteiger partial charge is 0.493 e. The fraction of sp³-hybridized carbons (Fsp3) is 0.300. The Morgan fingerprint density at radius 1 is 0.788 bits per heavy atom. The van der Waals surface area contributed by atoms with E-state index in [1.807, 2.05) is 48.5 Å². The van der Waals surface area contributed by atoms with Crippen molar-refractivity contribution >= 4 is 57.7 Å². The summed E-state index contributed by atoms with van der Waals surface area (Å²) in [5, 5.41) is 9.65. The number of carbonyl (C=O) groups is 3. The summed E-state index contributed by atoms with van der Waals surface area (Å²) >= 11 is 0. The summed E-state index contributed by atoms with van der Waals surface area (Å²) in [7, 11) is 1.24. The number of nitrogens with one attached hydrogen (secondary N) is 2. The van der Waals surface area contributed by atoms with Gasteiger partial charge in [0.1, 0.15) is 30.2 Å². The highest BCUT2D eigenvalue weighted by Crippen LogP contribution is 2.45. The van der Waals surface area contributed by atoms with E-state index in [9.17, 15) is 14.4 Å². The van der Waals surface area contributed by atoms with Crippen LogP contribution in [-0.4, -0.2) is 62.7 Å². The normalized spacial score (nSPS) is 11.7. The zero-order valence-corrected chi connectivity index (χ0v) is 30.3. The predicted molar refractivity (Wildman–Crippen MR) is 210 cm³/mol. The van der Waals surface area contributed by atoms with Gasteiger partial charge < -0.3 is 36.3 Å². The zero-order chi connectivity index (χ0) is 36.6. The number of hydrogen-bond donors (Lipinski definition) is 4. The summed E-state index contributed by atoms with van der Waals surface area (Å²) in [5.74, 6) is -0.0747. The number of unbranched alkanes of at least 4 members (excludes halogenated alkanes) is 1. The van der Waals surface area contributed by atoms with Crippen molar-refractivity contribution in [3.63, 3.8) is 0 Å². The molecule has 12 heteroatoms. The van der Waals surface area contributed by atoms with Gasteiger partial charge in [0.05, 0.1) is 13.7 Å². The van der Waals surface area contributed by atoms with Crippen molar-refractivity contribution in [1.29, 1.82) is 0 Å². The van der Waals surface area contributed by atoms with Crippen molar-refractivity contribution in [2.75, 3.05) is 26.9 Å². The maximum atomic E-state index is 13.3. The Morgan fingerprint density at radius 2 is 1.40 bits per heavy atom. The van der Waals surface area contributed by atoms with E-state index < -0.39 is 24.0 Å². The molecule has 0 heterocycles. The van der Waals surface area contributed by atoms with Crippen LogP contribution in [0, 0.1) is 0 Å². The molecule has 6 N–H and O–H groups in total. The van der Waals surface area contributed by atoms with E-state index in [0.29, 0.717) is 50.3 Å². The molecule has 4 aromatic carbocycles. The molecule has 0 aliphatic rings. The van der Waals surface area contributed by atoms with Crippen molar-refractivity contribution in [2.45, 2.75) is 50.6 Å². The van der Waals surface area contributed by atoms with Crippen LogP contribution in [0.1, 0.15) is 38.5 Å². The monoisotopic (exact) mass is 729 g/mol. The second-order valence-electron chi connectivity index (χ2n) is 11.9. The first kappa shape index (κ1) is 40.9. The number of guanidine groups is 1. The molecule has 0 aliphatic heterocycles. The van der Waals surface area contributed by atoms with E-state index in [1.54, 1.807) is 6.08 Å². The smallest absolute Gasteiger partial charge is 0.328 e. The van der Waals surface area contributed by atoms with Gasteiger partial charge in [-0.2, -0.15) is 0 Å². The highest BCUT2D eigenvalue weighted by molar-refractivity contribution is 6.09. The first-order valence-electron chi connectivity index (χ1n) is 17.0. The standard InChI is InChI=1S/C40H47N5O6.ClH/c1-4-13-32(39(48)49-3)45-38(47)31(18-10-11-24-43-40(41)42)44-35(46)19-12-26-51-34-23-21-28-15-7-9-17-30(28)37(34)36-29-16-8-6-14-27(29)20-22-33(36)50-25-5-2;/h4-9,14-17,20-23,31-32H,1-2,10-13,18-19,24-26H2,3H3,(H,44,46)(H,45,47)(H4,41,42,43);1H/t31-,32-;/m1./s1. The van der Waals surface area contributed by atoms with E-state index in [4.69, 9.17) is 25.7 Å². The number of methoxy groups -OCH3 is 1. The first-order valence-corrected chi connectivity index (χ1v) is 17.0. The molecule has 0 aromatic heterocycles. The Labute approximate surface area is 310 Å². The molecule has 4 rings (SSSR count). The number of halogens is 1. The van der Waals surface area contributed by atoms with Crippen LogP contribution in [0.3, 0.4) is 0 Å². The van der Waals surface area contributed by atoms with Gasteiger partial charge in [0.15, 0.2) is 5.96 Å². The third-order valence-electron chi connectivity index (χ3n) is 8.25. The molecule has 0 unspecified atom stereocenters. The number of esters is 1. The highest BCUT2D eigenvalue weighted by atomic mass is 35.5. The fourth-order valence-corrected chi connectivity index (χ4v) is 5.82. The SMILES string of the molecule is C=CCOc1ccc2ccccc2c1-c1c(OCCCC(=O)N[C@H](CCCCN=C(N)N)C(=O)N[C@H](CC=C)C(=O)OC)ccc2ccccc12.Cl. The summed E-state index contributed by atoms with van der Waals surface area (Å²) < 4.78 is 17.4. The second-order valence-corrected chi connectivity index (χ2v) is 11.9. The van der Waals surface area contributed by atoms with Crippen LogP contribution in [0.2, 0.25) is 0 Å². The minimum atomic E-state index is -0.921. The minimum absolute atomic E-state index is 0. The number of hydrogen-bond acceptors (Lipinski definition) is 7. The van der Waals surface area contributed by atoms with Crippen molar-refractivity contribution in [2.24, 2.45) is 16.5 Å². The molecule has 0 saturated carbocycles. The van der Waals surface area contributed by atoms with Crippen molar-refractivity contribution in [3.8, 4) is 22.6 Å². The summed E-state index contributed by atoms with van der Waals surface area (Å²) in [6.07, 6.45) is 5.37. The molecule has 0 saturated heterocycles. The lowest BCUT2D eigenvalue weighted by Gasteiger charge is -2.22. The van der Waals surface area contributed by atoms with Crippen LogP contribution < -0.4 is 31.6 Å². The maximum absolute atomic E-state index is 13.3. The lowest BCUT2D eigenvalue weighted by Crippen LogP contribution is -2.51. The van der Waals surface area contributed by atoms with Crippen molar-refractivity contribution in [1.82, 2.24) is 10.6 Å². The average molecular weight is 730 g/mol. The van der Waals surface area contributed by atoms with E-state index in [0.717, 1.165) is 32.7 Å². The van der Waals surface area contributed by atoms with Gasteiger partial charge in [-0.3, -0.25) is 14.6 Å². The third kappa shape index (κ3) is 11.2. The van der Waals surface area contributed by atoms with Crippen LogP contribution in [0.15, 0.2) is 103 Å². The molecule has 52 heavy (non-hydrogen) atoms. The Morgan fingerprint density at radius 3 is 1.98 bits per heavy atom. The number of rotatable bonds is 20. The van der Waals surface area contributed by atoms with Gasteiger partial charge in [0.2, 0.25) is 11.8 Å². The summed E-state index contributed by atoms with van der Waals surface area (Å²) in [6.45, 7) is 8.44. The Hall–Kier alpha value is -5.55. The first-order chi connectivity index (χ1) is 24.8. The lowest BCUT2D eigenvalue weighted by molar-refractivity contribution is -0.145. The average Bonchev–Trinajstić information content (AvgIpc) is 3.14. The Bertz CT molecular complexity index is 1880. The van der Waals surface area contributed by atoms with Gasteiger partial charge in [-0.25, -0.2) is 4.79 Å². The Balaban J connectivity index is 0.00000729. The van der Waals surface area contributed by atoms with Gasteiger partial charge in [0.25, 0.3) is 0 Å². The highest BCUT2D eigenvalue weighted by Gasteiger charge is 2.26. The van der Waals surface area contributed by atoms with Crippen LogP contribution in [-0.2, 0) is 19.1 Å². The van der Waals surface area contributed by atoms with Crippen molar-refractivity contribution in [3.05, 3.63) is 98.1 Å². The molecule has 276 valence electrons. The molecule has 0 aliphatic carbocycles. The number of amides is 2. The van der Waals surface area contributed by atoms with E-state index in [1.165, 1.54) is 13.2 Å². The number of benzene rings is 4. The number of nitrogens with two attached hydrogens (primary N) is 2. The van der Waals surface area contributed by atoms with Crippen LogP contribution in [0.25, 0.3) is 32.7 Å². The molecular formula is C40H48ClN5O6. The minimum Gasteiger partial charge on any atom is -0.493 e. The third-order valence-corrected chi connectivity index (χ3v) is 8.25. The van der Waals surface area contributed by atoms with Crippen molar-refractivity contribution < 1.29 is 28.6 Å².